The third-order valence-electron chi connectivity index (χ3n) is 4.49. The van der Waals surface area contributed by atoms with Crippen LogP contribution in [0.4, 0.5) is 0 Å². The fourth-order valence-corrected chi connectivity index (χ4v) is 4.47. The number of amides is 1. The van der Waals surface area contributed by atoms with E-state index in [2.05, 4.69) is 5.32 Å². The molecule has 1 fully saturated rings. The lowest BCUT2D eigenvalue weighted by molar-refractivity contribution is -0.131. The second-order valence-corrected chi connectivity index (χ2v) is 8.22. The molecule has 1 N–H and O–H groups in total. The van der Waals surface area contributed by atoms with E-state index < -0.39 is 10.0 Å². The molecule has 0 aromatic heterocycles. The summed E-state index contributed by atoms with van der Waals surface area (Å²) in [6.07, 6.45) is 1.82. The average Bonchev–Trinajstić information content (AvgIpc) is 2.65. The van der Waals surface area contributed by atoms with Crippen molar-refractivity contribution in [2.24, 2.45) is 0 Å². The number of nitrogens with zero attached hydrogens (tertiary/aromatic N) is 2. The van der Waals surface area contributed by atoms with Gasteiger partial charge in [0, 0.05) is 45.7 Å². The number of nitrogens with one attached hydrogen (secondary N) is 1. The summed E-state index contributed by atoms with van der Waals surface area (Å²) in [5.74, 6) is 0.0270. The zero-order valence-electron chi connectivity index (χ0n) is 15.2. The SMILES string of the molecule is CCCN(CCC(=O)N1CCNCC1)S(=O)(=O)c1ccc(CC)cc1. The van der Waals surface area contributed by atoms with E-state index in [1.807, 2.05) is 30.9 Å². The van der Waals surface area contributed by atoms with Crippen LogP contribution in [0.3, 0.4) is 0 Å². The fourth-order valence-electron chi connectivity index (χ4n) is 2.94. The molecule has 0 spiro atoms. The molecule has 140 valence electrons. The maximum absolute atomic E-state index is 12.9. The molecular formula is C18H29N3O3S. The average molecular weight is 368 g/mol. The van der Waals surface area contributed by atoms with Crippen molar-refractivity contribution in [1.29, 1.82) is 0 Å². The van der Waals surface area contributed by atoms with Gasteiger partial charge in [0.2, 0.25) is 15.9 Å². The Morgan fingerprint density at radius 2 is 1.76 bits per heavy atom. The molecule has 6 nitrogen and oxygen atoms in total. The number of benzene rings is 1. The lowest BCUT2D eigenvalue weighted by atomic mass is 10.2. The van der Waals surface area contributed by atoms with E-state index in [1.54, 1.807) is 12.1 Å². The molecule has 2 rings (SSSR count). The van der Waals surface area contributed by atoms with Gasteiger partial charge in [0.1, 0.15) is 0 Å². The Bertz CT molecular complexity index is 653. The standard InChI is InChI=1S/C18H29N3O3S/c1-3-12-21(13-9-18(22)20-14-10-19-11-15-20)25(23,24)17-7-5-16(4-2)6-8-17/h5-8,19H,3-4,9-15H2,1-2H3. The molecule has 0 radical (unpaired) electrons. The van der Waals surface area contributed by atoms with Gasteiger partial charge in [-0.1, -0.05) is 26.0 Å². The van der Waals surface area contributed by atoms with Gasteiger partial charge in [-0.3, -0.25) is 4.79 Å². The molecule has 0 aliphatic carbocycles. The number of aryl methyl sites for hydroxylation is 1. The van der Waals surface area contributed by atoms with E-state index in [0.29, 0.717) is 31.0 Å². The van der Waals surface area contributed by atoms with Crippen molar-refractivity contribution < 1.29 is 13.2 Å². The zero-order valence-corrected chi connectivity index (χ0v) is 16.0. The summed E-state index contributed by atoms with van der Waals surface area (Å²) in [6.45, 7) is 7.62. The number of piperazine rings is 1. The number of rotatable bonds is 8. The molecule has 1 saturated heterocycles. The minimum Gasteiger partial charge on any atom is -0.340 e. The largest absolute Gasteiger partial charge is 0.340 e. The van der Waals surface area contributed by atoms with E-state index >= 15 is 0 Å². The van der Waals surface area contributed by atoms with E-state index in [4.69, 9.17) is 0 Å². The minimum atomic E-state index is -3.56. The van der Waals surface area contributed by atoms with Crippen LogP contribution in [0.15, 0.2) is 29.2 Å². The molecule has 1 amide bonds. The predicted molar refractivity (Wildman–Crippen MR) is 98.9 cm³/mol. The van der Waals surface area contributed by atoms with Crippen molar-refractivity contribution >= 4 is 15.9 Å². The van der Waals surface area contributed by atoms with Crippen LogP contribution in [0.1, 0.15) is 32.3 Å². The number of hydrogen-bond donors (Lipinski definition) is 1. The summed E-state index contributed by atoms with van der Waals surface area (Å²) in [6, 6.07) is 7.02. The molecule has 1 heterocycles. The smallest absolute Gasteiger partial charge is 0.243 e. The van der Waals surface area contributed by atoms with E-state index in [1.165, 1.54) is 4.31 Å². The highest BCUT2D eigenvalue weighted by atomic mass is 32.2. The highest BCUT2D eigenvalue weighted by Crippen LogP contribution is 2.18. The van der Waals surface area contributed by atoms with Gasteiger partial charge in [0.25, 0.3) is 0 Å². The molecule has 0 saturated carbocycles. The van der Waals surface area contributed by atoms with Crippen LogP contribution in [0.25, 0.3) is 0 Å². The summed E-state index contributed by atoms with van der Waals surface area (Å²) in [7, 11) is -3.56. The molecule has 0 atom stereocenters. The highest BCUT2D eigenvalue weighted by Gasteiger charge is 2.25. The van der Waals surface area contributed by atoms with Crippen molar-refractivity contribution in [3.63, 3.8) is 0 Å². The maximum atomic E-state index is 12.9. The second-order valence-electron chi connectivity index (χ2n) is 6.28. The molecule has 0 bridgehead atoms. The third-order valence-corrected chi connectivity index (χ3v) is 6.40. The molecule has 1 aromatic carbocycles. The van der Waals surface area contributed by atoms with Crippen molar-refractivity contribution in [2.45, 2.75) is 38.0 Å². The van der Waals surface area contributed by atoms with Gasteiger partial charge in [-0.25, -0.2) is 8.42 Å². The van der Waals surface area contributed by atoms with Crippen LogP contribution in [-0.2, 0) is 21.2 Å². The van der Waals surface area contributed by atoms with Crippen molar-refractivity contribution in [3.8, 4) is 0 Å². The molecule has 1 aromatic rings. The zero-order chi connectivity index (χ0) is 18.3. The first kappa shape index (κ1) is 19.9. The fraction of sp³-hybridized carbons (Fsp3) is 0.611. The van der Waals surface area contributed by atoms with Gasteiger partial charge < -0.3 is 10.2 Å². The van der Waals surface area contributed by atoms with Crippen molar-refractivity contribution in [3.05, 3.63) is 29.8 Å². The molecule has 7 heteroatoms. The van der Waals surface area contributed by atoms with E-state index in [9.17, 15) is 13.2 Å². The Balaban J connectivity index is 2.05. The summed E-state index contributed by atoms with van der Waals surface area (Å²) < 4.78 is 27.2. The topological polar surface area (TPSA) is 69.7 Å². The monoisotopic (exact) mass is 367 g/mol. The van der Waals surface area contributed by atoms with Gasteiger partial charge in [0.05, 0.1) is 4.90 Å². The van der Waals surface area contributed by atoms with Crippen LogP contribution in [-0.4, -0.2) is 62.8 Å². The van der Waals surface area contributed by atoms with Gasteiger partial charge in [-0.15, -0.1) is 0 Å². The number of sulfonamides is 1. The maximum Gasteiger partial charge on any atom is 0.243 e. The summed E-state index contributed by atoms with van der Waals surface area (Å²) in [5, 5.41) is 3.21. The van der Waals surface area contributed by atoms with Crippen LogP contribution in [0.2, 0.25) is 0 Å². The molecule has 1 aliphatic rings. The predicted octanol–water partition coefficient (Wildman–Crippen LogP) is 1.47. The Morgan fingerprint density at radius 1 is 1.12 bits per heavy atom. The van der Waals surface area contributed by atoms with Gasteiger partial charge >= 0.3 is 0 Å². The Labute approximate surface area is 151 Å². The first-order valence-corrected chi connectivity index (χ1v) is 10.5. The summed E-state index contributed by atoms with van der Waals surface area (Å²) >= 11 is 0. The van der Waals surface area contributed by atoms with Crippen LogP contribution in [0.5, 0.6) is 0 Å². The third kappa shape index (κ3) is 5.26. The van der Waals surface area contributed by atoms with Crippen LogP contribution in [0, 0.1) is 0 Å². The summed E-state index contributed by atoms with van der Waals surface area (Å²) in [5.41, 5.74) is 1.11. The quantitative estimate of drug-likeness (QED) is 0.755. The van der Waals surface area contributed by atoms with E-state index in [0.717, 1.165) is 25.1 Å². The molecule has 25 heavy (non-hydrogen) atoms. The Morgan fingerprint density at radius 3 is 2.32 bits per heavy atom. The summed E-state index contributed by atoms with van der Waals surface area (Å²) in [4.78, 5) is 14.4. The van der Waals surface area contributed by atoms with Crippen LogP contribution >= 0.6 is 0 Å². The first-order valence-electron chi connectivity index (χ1n) is 9.06. The van der Waals surface area contributed by atoms with E-state index in [-0.39, 0.29) is 18.9 Å². The Hall–Kier alpha value is -1.44. The van der Waals surface area contributed by atoms with Gasteiger partial charge in [0.15, 0.2) is 0 Å². The normalized spacial score (nSPS) is 15.6. The van der Waals surface area contributed by atoms with Crippen molar-refractivity contribution in [1.82, 2.24) is 14.5 Å². The number of carbonyl (C=O) groups is 1. The molecule has 0 unspecified atom stereocenters. The van der Waals surface area contributed by atoms with Crippen LogP contribution < -0.4 is 5.32 Å². The van der Waals surface area contributed by atoms with Gasteiger partial charge in [-0.05, 0) is 30.5 Å². The Kier molecular flexibility index (Phi) is 7.40. The second kappa shape index (κ2) is 9.31. The lowest BCUT2D eigenvalue weighted by Gasteiger charge is -2.28. The first-order chi connectivity index (χ1) is 12.0. The number of hydrogen-bond acceptors (Lipinski definition) is 4. The highest BCUT2D eigenvalue weighted by molar-refractivity contribution is 7.89. The molecular weight excluding hydrogens is 338 g/mol. The number of carbonyl (C=O) groups excluding carboxylic acids is 1. The van der Waals surface area contributed by atoms with Gasteiger partial charge in [-0.2, -0.15) is 4.31 Å². The lowest BCUT2D eigenvalue weighted by Crippen LogP contribution is -2.47. The minimum absolute atomic E-state index is 0.0270. The van der Waals surface area contributed by atoms with Crippen molar-refractivity contribution in [2.75, 3.05) is 39.3 Å². The molecule has 1 aliphatic heterocycles.